The van der Waals surface area contributed by atoms with E-state index in [1.807, 2.05) is 24.3 Å². The molecule has 1 aromatic heterocycles. The van der Waals surface area contributed by atoms with Crippen molar-refractivity contribution in [3.8, 4) is 28.6 Å². The number of amides is 1. The van der Waals surface area contributed by atoms with Gasteiger partial charge in [0.2, 0.25) is 0 Å². The summed E-state index contributed by atoms with van der Waals surface area (Å²) in [5.41, 5.74) is 3.01. The fourth-order valence-corrected chi connectivity index (χ4v) is 2.99. The van der Waals surface area contributed by atoms with Crippen LogP contribution in [0.15, 0.2) is 85.2 Å². The van der Waals surface area contributed by atoms with Gasteiger partial charge in [-0.25, -0.2) is 14.4 Å². The lowest BCUT2D eigenvalue weighted by Gasteiger charge is -2.08. The highest BCUT2D eigenvalue weighted by Gasteiger charge is 2.08. The molecular formula is C25H20FN3O3. The number of methoxy groups -OCH3 is 1. The van der Waals surface area contributed by atoms with Crippen molar-refractivity contribution in [2.75, 3.05) is 7.11 Å². The minimum Gasteiger partial charge on any atom is -0.497 e. The Morgan fingerprint density at radius 1 is 0.906 bits per heavy atom. The molecule has 0 atom stereocenters. The van der Waals surface area contributed by atoms with Crippen LogP contribution in [0.2, 0.25) is 0 Å². The van der Waals surface area contributed by atoms with Gasteiger partial charge >= 0.3 is 6.01 Å². The van der Waals surface area contributed by atoms with E-state index in [0.29, 0.717) is 23.6 Å². The summed E-state index contributed by atoms with van der Waals surface area (Å²) < 4.78 is 23.8. The fraction of sp³-hybridized carbons (Fsp3) is 0.0800. The van der Waals surface area contributed by atoms with Crippen LogP contribution in [0.3, 0.4) is 0 Å². The summed E-state index contributed by atoms with van der Waals surface area (Å²) in [5.74, 6) is 0.743. The predicted molar refractivity (Wildman–Crippen MR) is 118 cm³/mol. The first kappa shape index (κ1) is 21.0. The minimum absolute atomic E-state index is 0.209. The molecule has 0 fully saturated rings. The van der Waals surface area contributed by atoms with E-state index in [0.717, 1.165) is 16.7 Å². The lowest BCUT2D eigenvalue weighted by molar-refractivity contribution is 0.0951. The number of carbonyl (C=O) groups is 1. The van der Waals surface area contributed by atoms with Gasteiger partial charge in [-0.1, -0.05) is 30.3 Å². The molecule has 1 amide bonds. The second-order valence-corrected chi connectivity index (χ2v) is 6.92. The van der Waals surface area contributed by atoms with Crippen molar-refractivity contribution in [1.82, 2.24) is 15.3 Å². The Labute approximate surface area is 184 Å². The SMILES string of the molecule is COc1cccc(Oc2ncc(-c3ccc(C(=O)NCc4ccc(F)cc4)cc3)cn2)c1. The molecule has 32 heavy (non-hydrogen) atoms. The smallest absolute Gasteiger partial charge is 0.321 e. The van der Waals surface area contributed by atoms with Gasteiger partial charge in [-0.3, -0.25) is 4.79 Å². The fourth-order valence-electron chi connectivity index (χ4n) is 2.99. The number of halogens is 1. The topological polar surface area (TPSA) is 73.3 Å². The molecule has 0 saturated heterocycles. The number of hydrogen-bond acceptors (Lipinski definition) is 5. The van der Waals surface area contributed by atoms with Gasteiger partial charge in [-0.05, 0) is 47.5 Å². The van der Waals surface area contributed by atoms with Crippen LogP contribution in [-0.4, -0.2) is 23.0 Å². The zero-order valence-corrected chi connectivity index (χ0v) is 17.3. The van der Waals surface area contributed by atoms with Crippen LogP contribution in [0.5, 0.6) is 17.5 Å². The second kappa shape index (κ2) is 9.70. The molecule has 160 valence electrons. The van der Waals surface area contributed by atoms with Crippen LogP contribution in [-0.2, 0) is 6.54 Å². The summed E-state index contributed by atoms with van der Waals surface area (Å²) >= 11 is 0. The van der Waals surface area contributed by atoms with Crippen LogP contribution in [0.1, 0.15) is 15.9 Å². The molecule has 0 bridgehead atoms. The molecule has 0 radical (unpaired) electrons. The highest BCUT2D eigenvalue weighted by molar-refractivity contribution is 5.94. The third-order valence-electron chi connectivity index (χ3n) is 4.73. The van der Waals surface area contributed by atoms with Crippen LogP contribution in [0.25, 0.3) is 11.1 Å². The lowest BCUT2D eigenvalue weighted by Crippen LogP contribution is -2.22. The molecule has 6 nitrogen and oxygen atoms in total. The first-order valence-corrected chi connectivity index (χ1v) is 9.88. The van der Waals surface area contributed by atoms with E-state index in [-0.39, 0.29) is 17.7 Å². The normalized spacial score (nSPS) is 10.4. The molecule has 1 heterocycles. The number of nitrogens with zero attached hydrogens (tertiary/aromatic N) is 2. The van der Waals surface area contributed by atoms with E-state index in [2.05, 4.69) is 15.3 Å². The number of aromatic nitrogens is 2. The van der Waals surface area contributed by atoms with E-state index < -0.39 is 0 Å². The Bertz CT molecular complexity index is 1190. The van der Waals surface area contributed by atoms with Gasteiger partial charge in [-0.15, -0.1) is 0 Å². The molecule has 4 aromatic rings. The molecule has 0 aliphatic rings. The van der Waals surface area contributed by atoms with Crippen LogP contribution in [0, 0.1) is 5.82 Å². The van der Waals surface area contributed by atoms with E-state index in [1.165, 1.54) is 12.1 Å². The predicted octanol–water partition coefficient (Wildman–Crippen LogP) is 5.01. The van der Waals surface area contributed by atoms with Gasteiger partial charge in [0.15, 0.2) is 0 Å². The molecule has 0 unspecified atom stereocenters. The van der Waals surface area contributed by atoms with E-state index in [9.17, 15) is 9.18 Å². The Hall–Kier alpha value is -4.26. The Morgan fingerprint density at radius 3 is 2.28 bits per heavy atom. The van der Waals surface area contributed by atoms with Crippen molar-refractivity contribution >= 4 is 5.91 Å². The maximum Gasteiger partial charge on any atom is 0.321 e. The summed E-state index contributed by atoms with van der Waals surface area (Å²) in [5, 5.41) is 2.82. The van der Waals surface area contributed by atoms with Gasteiger partial charge in [0.05, 0.1) is 7.11 Å². The number of hydrogen-bond donors (Lipinski definition) is 1. The lowest BCUT2D eigenvalue weighted by atomic mass is 10.1. The summed E-state index contributed by atoms with van der Waals surface area (Å²) in [6, 6.07) is 20.5. The van der Waals surface area contributed by atoms with Crippen molar-refractivity contribution in [1.29, 1.82) is 0 Å². The highest BCUT2D eigenvalue weighted by Crippen LogP contribution is 2.24. The van der Waals surface area contributed by atoms with Crippen LogP contribution in [0.4, 0.5) is 4.39 Å². The monoisotopic (exact) mass is 429 g/mol. The molecule has 0 spiro atoms. The maximum absolute atomic E-state index is 13.0. The molecular weight excluding hydrogens is 409 g/mol. The molecule has 1 N–H and O–H groups in total. The number of ether oxygens (including phenoxy) is 2. The molecule has 4 rings (SSSR count). The maximum atomic E-state index is 13.0. The van der Waals surface area contributed by atoms with Gasteiger partial charge in [0, 0.05) is 36.1 Å². The molecule has 0 aliphatic heterocycles. The van der Waals surface area contributed by atoms with Gasteiger partial charge < -0.3 is 14.8 Å². The van der Waals surface area contributed by atoms with Crippen molar-refractivity contribution in [2.24, 2.45) is 0 Å². The quantitative estimate of drug-likeness (QED) is 0.447. The average molecular weight is 429 g/mol. The number of carbonyl (C=O) groups excluding carboxylic acids is 1. The van der Waals surface area contributed by atoms with E-state index >= 15 is 0 Å². The third kappa shape index (κ3) is 5.26. The second-order valence-electron chi connectivity index (χ2n) is 6.92. The summed E-state index contributed by atoms with van der Waals surface area (Å²) in [7, 11) is 1.59. The largest absolute Gasteiger partial charge is 0.497 e. The summed E-state index contributed by atoms with van der Waals surface area (Å²) in [6.45, 7) is 0.323. The van der Waals surface area contributed by atoms with Crippen molar-refractivity contribution < 1.29 is 18.7 Å². The van der Waals surface area contributed by atoms with Crippen LogP contribution >= 0.6 is 0 Å². The van der Waals surface area contributed by atoms with Crippen molar-refractivity contribution in [3.63, 3.8) is 0 Å². The van der Waals surface area contributed by atoms with Crippen LogP contribution < -0.4 is 14.8 Å². The standard InChI is InChI=1S/C25H20FN3O3/c1-31-22-3-2-4-23(13-22)32-25-28-15-20(16-29-25)18-7-9-19(10-8-18)24(30)27-14-17-5-11-21(26)12-6-17/h2-13,15-16H,14H2,1H3,(H,27,30). The number of benzene rings is 3. The first-order chi connectivity index (χ1) is 15.6. The summed E-state index contributed by atoms with van der Waals surface area (Å²) in [6.07, 6.45) is 3.32. The highest BCUT2D eigenvalue weighted by atomic mass is 19.1. The average Bonchev–Trinajstić information content (AvgIpc) is 2.84. The molecule has 0 aliphatic carbocycles. The minimum atomic E-state index is -0.306. The number of nitrogens with one attached hydrogen (secondary N) is 1. The number of rotatable bonds is 7. The van der Waals surface area contributed by atoms with E-state index in [4.69, 9.17) is 9.47 Å². The van der Waals surface area contributed by atoms with Crippen molar-refractivity contribution in [3.05, 3.63) is 102 Å². The van der Waals surface area contributed by atoms with E-state index in [1.54, 1.807) is 55.9 Å². The Kier molecular flexibility index (Phi) is 6.36. The Morgan fingerprint density at radius 2 is 1.59 bits per heavy atom. The van der Waals surface area contributed by atoms with Gasteiger partial charge in [0.1, 0.15) is 17.3 Å². The van der Waals surface area contributed by atoms with Crippen molar-refractivity contribution in [2.45, 2.75) is 6.54 Å². The molecule has 7 heteroatoms. The van der Waals surface area contributed by atoms with Gasteiger partial charge in [-0.2, -0.15) is 0 Å². The zero-order chi connectivity index (χ0) is 22.3. The zero-order valence-electron chi connectivity index (χ0n) is 17.3. The van der Waals surface area contributed by atoms with Gasteiger partial charge in [0.25, 0.3) is 5.91 Å². The Balaban J connectivity index is 1.37. The first-order valence-electron chi connectivity index (χ1n) is 9.88. The molecule has 3 aromatic carbocycles. The summed E-state index contributed by atoms with van der Waals surface area (Å²) in [4.78, 5) is 20.9. The molecule has 0 saturated carbocycles. The third-order valence-corrected chi connectivity index (χ3v) is 4.73.